The van der Waals surface area contributed by atoms with E-state index in [2.05, 4.69) is 25.2 Å². The van der Waals surface area contributed by atoms with Gasteiger partial charge in [0.05, 0.1) is 18.4 Å². The van der Waals surface area contributed by atoms with Crippen LogP contribution in [-0.4, -0.2) is 67.2 Å². The summed E-state index contributed by atoms with van der Waals surface area (Å²) in [6.07, 6.45) is 3.46. The molecule has 4 heterocycles. The Morgan fingerprint density at radius 3 is 2.50 bits per heavy atom. The van der Waals surface area contributed by atoms with Crippen LogP contribution in [0.15, 0.2) is 40.0 Å². The third-order valence-corrected chi connectivity index (χ3v) is 5.06. The standard InChI is InChI=1S/C19H25N7O2/c1-15-11-16(2)26(21-15)18-3-4-19(27)25(22-18)10-9-23-5-7-24(8-6-23)13-17-12-20-28-14-17/h3-4,11-12,14H,5-10,13H2,1-2H3. The maximum absolute atomic E-state index is 12.2. The molecular formula is C19H25N7O2. The van der Waals surface area contributed by atoms with Crippen LogP contribution in [0, 0.1) is 13.8 Å². The van der Waals surface area contributed by atoms with Gasteiger partial charge in [-0.15, -0.1) is 5.10 Å². The Bertz CT molecular complexity index is 969. The number of nitrogens with zero attached hydrogens (tertiary/aromatic N) is 7. The van der Waals surface area contributed by atoms with E-state index in [1.807, 2.05) is 19.9 Å². The molecule has 4 rings (SSSR count). The van der Waals surface area contributed by atoms with Gasteiger partial charge in [0.1, 0.15) is 6.26 Å². The third-order valence-electron chi connectivity index (χ3n) is 5.06. The average molecular weight is 383 g/mol. The lowest BCUT2D eigenvalue weighted by molar-refractivity contribution is 0.122. The molecule has 148 valence electrons. The Kier molecular flexibility index (Phi) is 5.36. The van der Waals surface area contributed by atoms with E-state index in [0.29, 0.717) is 12.4 Å². The molecule has 1 aliphatic rings. The first-order valence-electron chi connectivity index (χ1n) is 9.53. The fourth-order valence-electron chi connectivity index (χ4n) is 3.54. The van der Waals surface area contributed by atoms with Crippen LogP contribution < -0.4 is 5.56 Å². The molecule has 9 heteroatoms. The minimum atomic E-state index is -0.0867. The molecule has 0 spiro atoms. The Morgan fingerprint density at radius 2 is 1.82 bits per heavy atom. The summed E-state index contributed by atoms with van der Waals surface area (Å²) in [6.45, 7) is 10.1. The van der Waals surface area contributed by atoms with E-state index in [1.54, 1.807) is 29.3 Å². The molecule has 3 aromatic rings. The maximum atomic E-state index is 12.2. The van der Waals surface area contributed by atoms with Crippen molar-refractivity contribution in [3.8, 4) is 5.82 Å². The van der Waals surface area contributed by atoms with Crippen molar-refractivity contribution in [1.29, 1.82) is 0 Å². The predicted molar refractivity (Wildman–Crippen MR) is 103 cm³/mol. The highest BCUT2D eigenvalue weighted by molar-refractivity contribution is 5.23. The van der Waals surface area contributed by atoms with Crippen LogP contribution in [0.4, 0.5) is 0 Å². The summed E-state index contributed by atoms with van der Waals surface area (Å²) in [5, 5.41) is 12.7. The van der Waals surface area contributed by atoms with Gasteiger partial charge < -0.3 is 4.52 Å². The molecule has 0 unspecified atom stereocenters. The van der Waals surface area contributed by atoms with Gasteiger partial charge in [0.25, 0.3) is 5.56 Å². The smallest absolute Gasteiger partial charge is 0.266 e. The molecule has 0 aliphatic carbocycles. The molecule has 1 fully saturated rings. The van der Waals surface area contributed by atoms with Crippen molar-refractivity contribution in [3.05, 3.63) is 58.0 Å². The van der Waals surface area contributed by atoms with E-state index in [1.165, 1.54) is 4.68 Å². The fraction of sp³-hybridized carbons (Fsp3) is 0.474. The maximum Gasteiger partial charge on any atom is 0.266 e. The Balaban J connectivity index is 1.34. The summed E-state index contributed by atoms with van der Waals surface area (Å²) < 4.78 is 8.20. The molecular weight excluding hydrogens is 358 g/mol. The van der Waals surface area contributed by atoms with E-state index < -0.39 is 0 Å². The molecule has 0 saturated carbocycles. The number of rotatable bonds is 6. The summed E-state index contributed by atoms with van der Waals surface area (Å²) in [5.41, 5.74) is 2.95. The van der Waals surface area contributed by atoms with Crippen LogP contribution in [0.2, 0.25) is 0 Å². The quantitative estimate of drug-likeness (QED) is 0.624. The van der Waals surface area contributed by atoms with Crippen LogP contribution in [0.25, 0.3) is 5.82 Å². The largest absolute Gasteiger partial charge is 0.364 e. The topological polar surface area (TPSA) is 85.2 Å². The van der Waals surface area contributed by atoms with Gasteiger partial charge in [0.2, 0.25) is 0 Å². The lowest BCUT2D eigenvalue weighted by Crippen LogP contribution is -2.47. The number of piperazine rings is 1. The normalized spacial score (nSPS) is 15.9. The molecule has 0 N–H and O–H groups in total. The lowest BCUT2D eigenvalue weighted by Gasteiger charge is -2.34. The second-order valence-electron chi connectivity index (χ2n) is 7.24. The van der Waals surface area contributed by atoms with Gasteiger partial charge in [-0.2, -0.15) is 5.10 Å². The Labute approximate surface area is 163 Å². The van der Waals surface area contributed by atoms with Gasteiger partial charge >= 0.3 is 0 Å². The lowest BCUT2D eigenvalue weighted by atomic mass is 10.2. The highest BCUT2D eigenvalue weighted by atomic mass is 16.5. The molecule has 0 radical (unpaired) electrons. The molecule has 0 amide bonds. The number of aromatic nitrogens is 5. The van der Waals surface area contributed by atoms with E-state index >= 15 is 0 Å². The molecule has 0 bridgehead atoms. The van der Waals surface area contributed by atoms with Gasteiger partial charge in [-0.1, -0.05) is 5.16 Å². The molecule has 1 saturated heterocycles. The van der Waals surface area contributed by atoms with Crippen LogP contribution in [0.3, 0.4) is 0 Å². The van der Waals surface area contributed by atoms with Crippen molar-refractivity contribution in [2.75, 3.05) is 32.7 Å². The van der Waals surface area contributed by atoms with Crippen molar-refractivity contribution >= 4 is 0 Å². The molecule has 3 aromatic heterocycles. The first-order valence-corrected chi connectivity index (χ1v) is 9.53. The Hall–Kier alpha value is -2.78. The minimum absolute atomic E-state index is 0.0867. The second-order valence-corrected chi connectivity index (χ2v) is 7.24. The van der Waals surface area contributed by atoms with Crippen LogP contribution in [0.5, 0.6) is 0 Å². The van der Waals surface area contributed by atoms with Gasteiger partial charge in [0.15, 0.2) is 5.82 Å². The number of hydrogen-bond acceptors (Lipinski definition) is 7. The average Bonchev–Trinajstić information content (AvgIpc) is 3.31. The first-order chi connectivity index (χ1) is 13.6. The zero-order valence-corrected chi connectivity index (χ0v) is 16.3. The summed E-state index contributed by atoms with van der Waals surface area (Å²) in [5.74, 6) is 0.670. The molecule has 1 aliphatic heterocycles. The van der Waals surface area contributed by atoms with Gasteiger partial charge in [-0.05, 0) is 26.0 Å². The van der Waals surface area contributed by atoms with E-state index in [0.717, 1.165) is 56.2 Å². The van der Waals surface area contributed by atoms with Gasteiger partial charge in [0, 0.05) is 56.6 Å². The first kappa shape index (κ1) is 18.6. The molecule has 9 nitrogen and oxygen atoms in total. The molecule has 0 aromatic carbocycles. The van der Waals surface area contributed by atoms with Crippen LogP contribution in [0.1, 0.15) is 17.0 Å². The van der Waals surface area contributed by atoms with Crippen molar-refractivity contribution in [1.82, 2.24) is 34.5 Å². The van der Waals surface area contributed by atoms with Crippen LogP contribution in [-0.2, 0) is 13.1 Å². The predicted octanol–water partition coefficient (Wildman–Crippen LogP) is 0.852. The van der Waals surface area contributed by atoms with Gasteiger partial charge in [-0.3, -0.25) is 14.6 Å². The minimum Gasteiger partial charge on any atom is -0.364 e. The zero-order valence-electron chi connectivity index (χ0n) is 16.3. The van der Waals surface area contributed by atoms with E-state index in [-0.39, 0.29) is 5.56 Å². The second kappa shape index (κ2) is 8.07. The van der Waals surface area contributed by atoms with Crippen LogP contribution >= 0.6 is 0 Å². The van der Waals surface area contributed by atoms with Crippen molar-refractivity contribution < 1.29 is 4.52 Å². The summed E-state index contributed by atoms with van der Waals surface area (Å²) in [4.78, 5) is 17.0. The monoisotopic (exact) mass is 383 g/mol. The van der Waals surface area contributed by atoms with Crippen molar-refractivity contribution in [2.24, 2.45) is 0 Å². The zero-order chi connectivity index (χ0) is 19.5. The molecule has 28 heavy (non-hydrogen) atoms. The van der Waals surface area contributed by atoms with E-state index in [4.69, 9.17) is 4.52 Å². The highest BCUT2D eigenvalue weighted by Crippen LogP contribution is 2.09. The fourth-order valence-corrected chi connectivity index (χ4v) is 3.54. The highest BCUT2D eigenvalue weighted by Gasteiger charge is 2.17. The summed E-state index contributed by atoms with van der Waals surface area (Å²) >= 11 is 0. The summed E-state index contributed by atoms with van der Waals surface area (Å²) in [7, 11) is 0. The SMILES string of the molecule is Cc1cc(C)n(-c2ccc(=O)n(CCN3CCN(Cc4cnoc4)CC3)n2)n1. The summed E-state index contributed by atoms with van der Waals surface area (Å²) in [6, 6.07) is 5.29. The number of hydrogen-bond donors (Lipinski definition) is 0. The molecule has 0 atom stereocenters. The van der Waals surface area contributed by atoms with Crippen molar-refractivity contribution in [2.45, 2.75) is 26.9 Å². The van der Waals surface area contributed by atoms with Gasteiger partial charge in [-0.25, -0.2) is 9.36 Å². The van der Waals surface area contributed by atoms with Crippen molar-refractivity contribution in [3.63, 3.8) is 0 Å². The third kappa shape index (κ3) is 4.20. The Morgan fingerprint density at radius 1 is 1.04 bits per heavy atom. The van der Waals surface area contributed by atoms with E-state index in [9.17, 15) is 4.79 Å². The number of aryl methyl sites for hydroxylation is 2.